The number of epoxide rings is 1. The van der Waals surface area contributed by atoms with Crippen molar-refractivity contribution in [2.45, 2.75) is 106 Å². The van der Waals surface area contributed by atoms with Crippen molar-refractivity contribution in [3.63, 3.8) is 0 Å². The second-order valence-electron chi connectivity index (χ2n) is 15.0. The topological polar surface area (TPSA) is 84.0 Å². The lowest BCUT2D eigenvalue weighted by atomic mass is 9.33. The molecule has 3 unspecified atom stereocenters. The van der Waals surface area contributed by atoms with Crippen LogP contribution in [-0.2, 0) is 19.1 Å². The van der Waals surface area contributed by atoms with Crippen molar-refractivity contribution >= 4 is 17.5 Å². The Morgan fingerprint density at radius 3 is 2.29 bits per heavy atom. The van der Waals surface area contributed by atoms with Gasteiger partial charge in [0.2, 0.25) is 0 Å². The van der Waals surface area contributed by atoms with E-state index in [0.29, 0.717) is 12.8 Å². The smallest absolute Gasteiger partial charge is 0.309 e. The minimum atomic E-state index is -0.740. The van der Waals surface area contributed by atoms with Crippen LogP contribution in [0, 0.1) is 50.2 Å². The first kappa shape index (κ1) is 23.9. The lowest BCUT2D eigenvalue weighted by Crippen LogP contribution is -2.68. The molecule has 192 valence electrons. The quantitative estimate of drug-likeness (QED) is 0.491. The van der Waals surface area contributed by atoms with Crippen molar-refractivity contribution in [3.8, 4) is 0 Å². The largest absolute Gasteiger partial charge is 0.481 e. The van der Waals surface area contributed by atoms with Crippen LogP contribution in [0.5, 0.6) is 0 Å². The predicted molar refractivity (Wildman–Crippen MR) is 131 cm³/mol. The van der Waals surface area contributed by atoms with Crippen LogP contribution in [0.25, 0.3) is 0 Å². The summed E-state index contributed by atoms with van der Waals surface area (Å²) in [7, 11) is 0. The lowest BCUT2D eigenvalue weighted by molar-refractivity contribution is -0.185. The van der Waals surface area contributed by atoms with Gasteiger partial charge in [-0.25, -0.2) is 0 Å². The van der Waals surface area contributed by atoms with Crippen LogP contribution < -0.4 is 0 Å². The maximum Gasteiger partial charge on any atom is 0.309 e. The average molecular weight is 483 g/mol. The second kappa shape index (κ2) is 6.49. The molecule has 4 saturated carbocycles. The summed E-state index contributed by atoms with van der Waals surface area (Å²) in [5.41, 5.74) is -0.702. The highest BCUT2D eigenvalue weighted by Crippen LogP contribution is 2.76. The molecule has 1 N–H and O–H groups in total. The van der Waals surface area contributed by atoms with E-state index in [-0.39, 0.29) is 63.2 Å². The Morgan fingerprint density at radius 2 is 1.63 bits per heavy atom. The lowest BCUT2D eigenvalue weighted by Gasteiger charge is -2.69. The Morgan fingerprint density at radius 1 is 0.971 bits per heavy atom. The minimum absolute atomic E-state index is 0.0504. The van der Waals surface area contributed by atoms with E-state index in [1.807, 2.05) is 13.0 Å². The van der Waals surface area contributed by atoms with E-state index in [0.717, 1.165) is 32.1 Å². The van der Waals surface area contributed by atoms with Gasteiger partial charge < -0.3 is 9.84 Å². The van der Waals surface area contributed by atoms with Gasteiger partial charge in [-0.3, -0.25) is 14.4 Å². The molecule has 0 spiro atoms. The number of Topliss-reactive ketones (excluding diaryl/α,β-unsaturated/α-hetero) is 1. The van der Waals surface area contributed by atoms with Crippen LogP contribution in [0.4, 0.5) is 0 Å². The number of rotatable bonds is 1. The van der Waals surface area contributed by atoms with Crippen molar-refractivity contribution in [1.29, 1.82) is 0 Å². The maximum atomic E-state index is 14.3. The van der Waals surface area contributed by atoms with E-state index in [1.165, 1.54) is 5.57 Å². The number of carbonyl (C=O) groups is 3. The van der Waals surface area contributed by atoms with Gasteiger partial charge in [-0.15, -0.1) is 0 Å². The molecule has 0 aromatic rings. The molecule has 35 heavy (non-hydrogen) atoms. The molecule has 5 nitrogen and oxygen atoms in total. The molecule has 1 saturated heterocycles. The van der Waals surface area contributed by atoms with Gasteiger partial charge in [0.15, 0.2) is 11.6 Å². The Kier molecular flexibility index (Phi) is 4.43. The highest BCUT2D eigenvalue weighted by molar-refractivity contribution is 5.98. The zero-order valence-corrected chi connectivity index (χ0v) is 22.5. The fourth-order valence-corrected chi connectivity index (χ4v) is 10.5. The number of ether oxygens (including phenoxy) is 1. The standard InChI is InChI=1S/C30H42O5/c1-25(2)19-8-9-29(6)21(30(19,7)23-20(35-23)22(25)32)18(31)14-16-17-15-27(4,24(33)34)11-10-26(17,3)12-13-28(16,29)5/h14,17,19-21,23H,8-13,15H2,1-7H3,(H,33,34)/t17?,19?,20-,21?,23-,26-,27+,28-,29-,30+/m1/s1. The van der Waals surface area contributed by atoms with Crippen LogP contribution >= 0.6 is 0 Å². The molecule has 0 amide bonds. The van der Waals surface area contributed by atoms with Gasteiger partial charge in [0.1, 0.15) is 6.10 Å². The summed E-state index contributed by atoms with van der Waals surface area (Å²) in [5, 5.41) is 10.1. The number of allylic oxidation sites excluding steroid dienone is 2. The molecule has 5 fully saturated rings. The fourth-order valence-electron chi connectivity index (χ4n) is 10.5. The van der Waals surface area contributed by atoms with Crippen molar-refractivity contribution in [3.05, 3.63) is 11.6 Å². The molecule has 0 radical (unpaired) electrons. The number of carboxylic acid groups (broad SMARTS) is 1. The summed E-state index contributed by atoms with van der Waals surface area (Å²) in [5.74, 6) is -0.231. The number of carbonyl (C=O) groups excluding carboxylic acids is 2. The molecule has 5 aliphatic carbocycles. The summed E-state index contributed by atoms with van der Waals surface area (Å²) in [6.45, 7) is 15.3. The molecule has 1 heterocycles. The molecule has 0 aromatic heterocycles. The van der Waals surface area contributed by atoms with Crippen LogP contribution in [0.15, 0.2) is 11.6 Å². The van der Waals surface area contributed by atoms with Crippen LogP contribution in [-0.4, -0.2) is 34.9 Å². The molecular weight excluding hydrogens is 440 g/mol. The molecule has 0 aromatic carbocycles. The maximum absolute atomic E-state index is 14.3. The first-order valence-corrected chi connectivity index (χ1v) is 13.8. The van der Waals surface area contributed by atoms with Crippen LogP contribution in [0.1, 0.15) is 93.4 Å². The average Bonchev–Trinajstić information content (AvgIpc) is 3.57. The number of ketones is 2. The van der Waals surface area contributed by atoms with Gasteiger partial charge >= 0.3 is 5.97 Å². The zero-order chi connectivity index (χ0) is 25.6. The van der Waals surface area contributed by atoms with Crippen molar-refractivity contribution in [2.75, 3.05) is 0 Å². The molecule has 1 aliphatic heterocycles. The number of hydrogen-bond donors (Lipinski definition) is 1. The number of fused-ring (bicyclic) bond motifs is 9. The van der Waals surface area contributed by atoms with Crippen LogP contribution in [0.3, 0.4) is 0 Å². The number of carboxylic acids is 1. The molecule has 10 atom stereocenters. The summed E-state index contributed by atoms with van der Waals surface area (Å²) in [4.78, 5) is 39.7. The van der Waals surface area contributed by atoms with Gasteiger partial charge in [-0.1, -0.05) is 47.1 Å². The molecule has 6 aliphatic rings. The van der Waals surface area contributed by atoms with Gasteiger partial charge in [0.05, 0.1) is 11.5 Å². The van der Waals surface area contributed by atoms with Crippen LogP contribution in [0.2, 0.25) is 0 Å². The third-order valence-electron chi connectivity index (χ3n) is 13.1. The zero-order valence-electron chi connectivity index (χ0n) is 22.5. The fraction of sp³-hybridized carbons (Fsp3) is 0.833. The van der Waals surface area contributed by atoms with E-state index < -0.39 is 16.8 Å². The monoisotopic (exact) mass is 482 g/mol. The Labute approximate surface area is 209 Å². The third-order valence-corrected chi connectivity index (χ3v) is 13.1. The van der Waals surface area contributed by atoms with Gasteiger partial charge in [0.25, 0.3) is 0 Å². The SMILES string of the molecule is CC1(C)C(=O)[C@H]2O[C@H]2[C@@]2(C)C1CC[C@]1(C)C2C(=O)C=C2C3C[C@@](C)(C(=O)O)CC[C@]3(C)CC[C@]21C. The summed E-state index contributed by atoms with van der Waals surface area (Å²) in [6, 6.07) is 0. The highest BCUT2D eigenvalue weighted by Gasteiger charge is 2.77. The Balaban J connectivity index is 1.48. The first-order chi connectivity index (χ1) is 16.1. The minimum Gasteiger partial charge on any atom is -0.481 e. The number of hydrogen-bond acceptors (Lipinski definition) is 4. The summed E-state index contributed by atoms with van der Waals surface area (Å²) < 4.78 is 6.08. The predicted octanol–water partition coefficient (Wildman–Crippen LogP) is 5.61. The van der Waals surface area contributed by atoms with E-state index >= 15 is 0 Å². The summed E-state index contributed by atoms with van der Waals surface area (Å²) >= 11 is 0. The van der Waals surface area contributed by atoms with E-state index in [1.54, 1.807) is 0 Å². The highest BCUT2D eigenvalue weighted by atomic mass is 16.6. The van der Waals surface area contributed by atoms with Crippen molar-refractivity contribution < 1.29 is 24.2 Å². The normalized spacial score (nSPS) is 56.0. The summed E-state index contributed by atoms with van der Waals surface area (Å²) in [6.07, 6.45) is 7.64. The molecule has 0 bridgehead atoms. The van der Waals surface area contributed by atoms with Crippen molar-refractivity contribution in [1.82, 2.24) is 0 Å². The van der Waals surface area contributed by atoms with Gasteiger partial charge in [-0.2, -0.15) is 0 Å². The van der Waals surface area contributed by atoms with E-state index in [2.05, 4.69) is 41.5 Å². The Hall–Kier alpha value is -1.49. The second-order valence-corrected chi connectivity index (χ2v) is 15.0. The van der Waals surface area contributed by atoms with Crippen molar-refractivity contribution in [2.24, 2.45) is 50.2 Å². The van der Waals surface area contributed by atoms with Gasteiger partial charge in [-0.05, 0) is 86.0 Å². The van der Waals surface area contributed by atoms with E-state index in [9.17, 15) is 19.5 Å². The number of aliphatic carboxylic acids is 1. The van der Waals surface area contributed by atoms with E-state index in [4.69, 9.17) is 4.74 Å². The first-order valence-electron chi connectivity index (χ1n) is 13.8. The van der Waals surface area contributed by atoms with Gasteiger partial charge in [0, 0.05) is 16.7 Å². The Bertz CT molecular complexity index is 1090. The molecule has 6 rings (SSSR count). The molecule has 5 heteroatoms. The molecular formula is C30H42O5. The third kappa shape index (κ3) is 2.57.